The SMILES string of the molecule is Cc1c(Br)cc([C@H](N)CO)c(O)c1C. The minimum atomic E-state index is -0.536. The Morgan fingerprint density at radius 3 is 2.50 bits per heavy atom. The van der Waals surface area contributed by atoms with E-state index in [1.807, 2.05) is 13.8 Å². The molecule has 1 aromatic rings. The van der Waals surface area contributed by atoms with Crippen LogP contribution in [-0.2, 0) is 0 Å². The first-order valence-corrected chi connectivity index (χ1v) is 5.13. The van der Waals surface area contributed by atoms with E-state index in [1.54, 1.807) is 6.07 Å². The van der Waals surface area contributed by atoms with Crippen molar-refractivity contribution in [2.45, 2.75) is 19.9 Å². The molecule has 4 N–H and O–H groups in total. The van der Waals surface area contributed by atoms with Gasteiger partial charge in [-0.3, -0.25) is 0 Å². The summed E-state index contributed by atoms with van der Waals surface area (Å²) in [6, 6.07) is 1.21. The largest absolute Gasteiger partial charge is 0.507 e. The third-order valence-electron chi connectivity index (χ3n) is 2.43. The number of nitrogens with two attached hydrogens (primary N) is 1. The molecule has 0 aliphatic rings. The van der Waals surface area contributed by atoms with Gasteiger partial charge in [-0.05, 0) is 31.0 Å². The lowest BCUT2D eigenvalue weighted by Gasteiger charge is -2.15. The van der Waals surface area contributed by atoms with Gasteiger partial charge in [0, 0.05) is 10.0 Å². The monoisotopic (exact) mass is 259 g/mol. The Morgan fingerprint density at radius 1 is 1.43 bits per heavy atom. The van der Waals surface area contributed by atoms with Crippen LogP contribution in [0.15, 0.2) is 10.5 Å². The number of aromatic hydroxyl groups is 1. The maximum atomic E-state index is 9.79. The van der Waals surface area contributed by atoms with Gasteiger partial charge in [0.2, 0.25) is 0 Å². The van der Waals surface area contributed by atoms with E-state index in [4.69, 9.17) is 10.8 Å². The minimum absolute atomic E-state index is 0.173. The van der Waals surface area contributed by atoms with Gasteiger partial charge in [-0.25, -0.2) is 0 Å². The molecule has 0 aliphatic heterocycles. The molecule has 4 heteroatoms. The second-order valence-corrected chi connectivity index (χ2v) is 4.19. The van der Waals surface area contributed by atoms with Crippen molar-refractivity contribution in [1.29, 1.82) is 0 Å². The molecular weight excluding hydrogens is 246 g/mol. The highest BCUT2D eigenvalue weighted by atomic mass is 79.9. The van der Waals surface area contributed by atoms with Gasteiger partial charge >= 0.3 is 0 Å². The van der Waals surface area contributed by atoms with Gasteiger partial charge in [-0.1, -0.05) is 15.9 Å². The van der Waals surface area contributed by atoms with E-state index in [0.717, 1.165) is 15.6 Å². The van der Waals surface area contributed by atoms with Gasteiger partial charge in [0.1, 0.15) is 5.75 Å². The summed E-state index contributed by atoms with van der Waals surface area (Å²) in [7, 11) is 0. The van der Waals surface area contributed by atoms with Crippen molar-refractivity contribution >= 4 is 15.9 Å². The number of aliphatic hydroxyl groups excluding tert-OH is 1. The highest BCUT2D eigenvalue weighted by Crippen LogP contribution is 2.33. The fourth-order valence-corrected chi connectivity index (χ4v) is 1.81. The Labute approximate surface area is 91.7 Å². The Kier molecular flexibility index (Phi) is 3.53. The summed E-state index contributed by atoms with van der Waals surface area (Å²) in [4.78, 5) is 0. The zero-order valence-electron chi connectivity index (χ0n) is 8.21. The van der Waals surface area contributed by atoms with Crippen molar-refractivity contribution in [3.63, 3.8) is 0 Å². The van der Waals surface area contributed by atoms with Crippen molar-refractivity contribution in [2.75, 3.05) is 6.61 Å². The molecule has 0 saturated heterocycles. The summed E-state index contributed by atoms with van der Waals surface area (Å²) in [5.74, 6) is 0.173. The molecule has 3 nitrogen and oxygen atoms in total. The maximum Gasteiger partial charge on any atom is 0.123 e. The lowest BCUT2D eigenvalue weighted by Crippen LogP contribution is -2.15. The minimum Gasteiger partial charge on any atom is -0.507 e. The van der Waals surface area contributed by atoms with Crippen molar-refractivity contribution in [1.82, 2.24) is 0 Å². The molecule has 1 atom stereocenters. The molecule has 0 aromatic heterocycles. The highest BCUT2D eigenvalue weighted by molar-refractivity contribution is 9.10. The van der Waals surface area contributed by atoms with Crippen molar-refractivity contribution in [3.05, 3.63) is 27.2 Å². The third-order valence-corrected chi connectivity index (χ3v) is 3.25. The second-order valence-electron chi connectivity index (χ2n) is 3.34. The van der Waals surface area contributed by atoms with Crippen LogP contribution in [0.2, 0.25) is 0 Å². The Morgan fingerprint density at radius 2 is 2.00 bits per heavy atom. The highest BCUT2D eigenvalue weighted by Gasteiger charge is 2.15. The number of rotatable bonds is 2. The Bertz CT molecular complexity index is 352. The van der Waals surface area contributed by atoms with Gasteiger partial charge in [0.15, 0.2) is 0 Å². The van der Waals surface area contributed by atoms with Gasteiger partial charge in [-0.2, -0.15) is 0 Å². The number of halogens is 1. The van der Waals surface area contributed by atoms with E-state index in [2.05, 4.69) is 15.9 Å². The number of phenolic OH excluding ortho intramolecular Hbond substituents is 1. The number of hydrogen-bond acceptors (Lipinski definition) is 3. The number of hydrogen-bond donors (Lipinski definition) is 3. The molecule has 0 unspecified atom stereocenters. The van der Waals surface area contributed by atoms with Gasteiger partial charge < -0.3 is 15.9 Å². The van der Waals surface area contributed by atoms with E-state index in [-0.39, 0.29) is 12.4 Å². The zero-order valence-corrected chi connectivity index (χ0v) is 9.80. The van der Waals surface area contributed by atoms with Gasteiger partial charge in [0.25, 0.3) is 0 Å². The molecule has 1 aromatic carbocycles. The molecule has 1 rings (SSSR count). The Balaban J connectivity index is 3.33. The number of benzene rings is 1. The topological polar surface area (TPSA) is 66.5 Å². The fraction of sp³-hybridized carbons (Fsp3) is 0.400. The van der Waals surface area contributed by atoms with Crippen LogP contribution >= 0.6 is 15.9 Å². The molecule has 0 spiro atoms. The van der Waals surface area contributed by atoms with Crippen LogP contribution in [0.3, 0.4) is 0 Å². The zero-order chi connectivity index (χ0) is 10.9. The van der Waals surface area contributed by atoms with Crippen molar-refractivity contribution < 1.29 is 10.2 Å². The van der Waals surface area contributed by atoms with Crippen LogP contribution in [0, 0.1) is 13.8 Å². The summed E-state index contributed by atoms with van der Waals surface area (Å²) in [5.41, 5.74) is 8.00. The number of aliphatic hydroxyl groups is 1. The quantitative estimate of drug-likeness (QED) is 0.759. The van der Waals surface area contributed by atoms with E-state index in [9.17, 15) is 5.11 Å². The molecule has 0 heterocycles. The molecular formula is C10H14BrNO2. The molecule has 0 fully saturated rings. The molecule has 0 saturated carbocycles. The smallest absolute Gasteiger partial charge is 0.123 e. The van der Waals surface area contributed by atoms with Gasteiger partial charge in [0.05, 0.1) is 12.6 Å². The van der Waals surface area contributed by atoms with E-state index < -0.39 is 6.04 Å². The maximum absolute atomic E-state index is 9.79. The average molecular weight is 260 g/mol. The van der Waals surface area contributed by atoms with E-state index in [1.165, 1.54) is 0 Å². The molecule has 0 radical (unpaired) electrons. The predicted octanol–water partition coefficient (Wildman–Crippen LogP) is 1.76. The summed E-state index contributed by atoms with van der Waals surface area (Å²) in [6.07, 6.45) is 0. The second kappa shape index (κ2) is 4.29. The van der Waals surface area contributed by atoms with Crippen LogP contribution in [-0.4, -0.2) is 16.8 Å². The lowest BCUT2D eigenvalue weighted by atomic mass is 10.00. The molecule has 0 amide bonds. The van der Waals surface area contributed by atoms with E-state index in [0.29, 0.717) is 5.56 Å². The summed E-state index contributed by atoms with van der Waals surface area (Å²) in [5, 5.41) is 18.7. The Hall–Kier alpha value is -0.580. The van der Waals surface area contributed by atoms with Crippen LogP contribution in [0.4, 0.5) is 0 Å². The fourth-order valence-electron chi connectivity index (χ4n) is 1.27. The molecule has 0 aliphatic carbocycles. The van der Waals surface area contributed by atoms with E-state index >= 15 is 0 Å². The van der Waals surface area contributed by atoms with Crippen LogP contribution < -0.4 is 5.73 Å². The normalized spacial score (nSPS) is 12.9. The van der Waals surface area contributed by atoms with Crippen LogP contribution in [0.25, 0.3) is 0 Å². The molecule has 0 bridgehead atoms. The summed E-state index contributed by atoms with van der Waals surface area (Å²) in [6.45, 7) is 3.55. The van der Waals surface area contributed by atoms with Gasteiger partial charge in [-0.15, -0.1) is 0 Å². The average Bonchev–Trinajstić information content (AvgIpc) is 2.19. The molecule has 78 valence electrons. The van der Waals surface area contributed by atoms with Crippen LogP contribution in [0.5, 0.6) is 5.75 Å². The number of phenols is 1. The van der Waals surface area contributed by atoms with Crippen LogP contribution in [0.1, 0.15) is 22.7 Å². The molecule has 14 heavy (non-hydrogen) atoms. The first-order valence-electron chi connectivity index (χ1n) is 4.34. The first kappa shape index (κ1) is 11.5. The predicted molar refractivity (Wildman–Crippen MR) is 59.3 cm³/mol. The summed E-state index contributed by atoms with van der Waals surface area (Å²) < 4.78 is 0.895. The first-order chi connectivity index (χ1) is 6.49. The lowest BCUT2D eigenvalue weighted by molar-refractivity contribution is 0.265. The standard InChI is InChI=1S/C10H14BrNO2/c1-5-6(2)10(14)7(3-8(5)11)9(12)4-13/h3,9,13-14H,4,12H2,1-2H3/t9-/m1/s1. The van der Waals surface area contributed by atoms with Crippen molar-refractivity contribution in [2.24, 2.45) is 5.73 Å². The van der Waals surface area contributed by atoms with Crippen molar-refractivity contribution in [3.8, 4) is 5.75 Å². The summed E-state index contributed by atoms with van der Waals surface area (Å²) >= 11 is 3.38. The third kappa shape index (κ3) is 1.92.